The molecule has 0 radical (unpaired) electrons. The standard InChI is InChI=1S/C17H25N3O/c1-13(15-10-18-11-15)17(21)20-9-8-19(2)12-16(20)14-6-4-3-5-7-14/h3-7,13,15-16,18H,8-12H2,1-2H3. The Hall–Kier alpha value is -1.39. The first-order valence-electron chi connectivity index (χ1n) is 7.91. The lowest BCUT2D eigenvalue weighted by atomic mass is 9.87. The Kier molecular flexibility index (Phi) is 4.27. The number of rotatable bonds is 3. The second kappa shape index (κ2) is 6.16. The maximum absolute atomic E-state index is 12.9. The van der Waals surface area contributed by atoms with Crippen molar-refractivity contribution in [2.75, 3.05) is 39.8 Å². The van der Waals surface area contributed by atoms with Crippen LogP contribution in [0.5, 0.6) is 0 Å². The third-order valence-corrected chi connectivity index (χ3v) is 4.96. The van der Waals surface area contributed by atoms with Crippen molar-refractivity contribution < 1.29 is 4.79 Å². The molecule has 0 saturated carbocycles. The number of hydrogen-bond acceptors (Lipinski definition) is 3. The van der Waals surface area contributed by atoms with Crippen LogP contribution in [0.1, 0.15) is 18.5 Å². The Morgan fingerprint density at radius 1 is 1.24 bits per heavy atom. The molecule has 0 spiro atoms. The number of nitrogens with one attached hydrogen (secondary N) is 1. The van der Waals surface area contributed by atoms with Crippen LogP contribution in [0.15, 0.2) is 30.3 Å². The molecule has 2 saturated heterocycles. The minimum absolute atomic E-state index is 0.126. The number of hydrogen-bond donors (Lipinski definition) is 1. The van der Waals surface area contributed by atoms with Crippen LogP contribution >= 0.6 is 0 Å². The Bertz CT molecular complexity index is 486. The molecule has 4 nitrogen and oxygen atoms in total. The smallest absolute Gasteiger partial charge is 0.226 e. The summed E-state index contributed by atoms with van der Waals surface area (Å²) in [6.07, 6.45) is 0. The third kappa shape index (κ3) is 2.97. The Morgan fingerprint density at radius 2 is 1.95 bits per heavy atom. The summed E-state index contributed by atoms with van der Waals surface area (Å²) < 4.78 is 0. The topological polar surface area (TPSA) is 35.6 Å². The van der Waals surface area contributed by atoms with Gasteiger partial charge >= 0.3 is 0 Å². The Morgan fingerprint density at radius 3 is 2.57 bits per heavy atom. The van der Waals surface area contributed by atoms with Gasteiger partial charge in [0.15, 0.2) is 0 Å². The number of nitrogens with zero attached hydrogens (tertiary/aromatic N) is 2. The van der Waals surface area contributed by atoms with Crippen molar-refractivity contribution in [3.05, 3.63) is 35.9 Å². The molecule has 1 amide bonds. The largest absolute Gasteiger partial charge is 0.333 e. The highest BCUT2D eigenvalue weighted by Gasteiger charge is 2.36. The first-order valence-corrected chi connectivity index (χ1v) is 7.91. The van der Waals surface area contributed by atoms with Crippen LogP contribution in [0.25, 0.3) is 0 Å². The van der Waals surface area contributed by atoms with Gasteiger partial charge in [0.2, 0.25) is 5.91 Å². The summed E-state index contributed by atoms with van der Waals surface area (Å²) in [4.78, 5) is 17.3. The number of amides is 1. The summed E-state index contributed by atoms with van der Waals surface area (Å²) >= 11 is 0. The lowest BCUT2D eigenvalue weighted by Crippen LogP contribution is -2.55. The van der Waals surface area contributed by atoms with Gasteiger partial charge in [-0.3, -0.25) is 4.79 Å². The molecule has 1 N–H and O–H groups in total. The zero-order valence-electron chi connectivity index (χ0n) is 13.0. The molecule has 114 valence electrons. The highest BCUT2D eigenvalue weighted by atomic mass is 16.2. The fraction of sp³-hybridized carbons (Fsp3) is 0.588. The van der Waals surface area contributed by atoms with Crippen molar-refractivity contribution >= 4 is 5.91 Å². The van der Waals surface area contributed by atoms with E-state index in [0.29, 0.717) is 11.8 Å². The van der Waals surface area contributed by atoms with E-state index in [1.54, 1.807) is 0 Å². The second-order valence-electron chi connectivity index (χ2n) is 6.43. The van der Waals surface area contributed by atoms with Gasteiger partial charge in [-0.15, -0.1) is 0 Å². The molecule has 3 rings (SSSR count). The second-order valence-corrected chi connectivity index (χ2v) is 6.43. The highest BCUT2D eigenvalue weighted by molar-refractivity contribution is 5.79. The van der Waals surface area contributed by atoms with Crippen molar-refractivity contribution in [1.82, 2.24) is 15.1 Å². The summed E-state index contributed by atoms with van der Waals surface area (Å²) in [6, 6.07) is 10.6. The maximum atomic E-state index is 12.9. The quantitative estimate of drug-likeness (QED) is 0.912. The van der Waals surface area contributed by atoms with Crippen LogP contribution in [0.4, 0.5) is 0 Å². The molecule has 1 aromatic rings. The molecule has 2 fully saturated rings. The van der Waals surface area contributed by atoms with Gasteiger partial charge in [0.25, 0.3) is 0 Å². The number of piperazine rings is 1. The van der Waals surface area contributed by atoms with E-state index < -0.39 is 0 Å². The molecule has 0 aromatic heterocycles. The van der Waals surface area contributed by atoms with Gasteiger partial charge in [-0.05, 0) is 31.6 Å². The molecule has 0 aliphatic carbocycles. The number of benzene rings is 1. The van der Waals surface area contributed by atoms with E-state index in [9.17, 15) is 4.79 Å². The van der Waals surface area contributed by atoms with Crippen LogP contribution in [0.2, 0.25) is 0 Å². The van der Waals surface area contributed by atoms with Gasteiger partial charge in [-0.1, -0.05) is 37.3 Å². The fourth-order valence-corrected chi connectivity index (χ4v) is 3.27. The fourth-order valence-electron chi connectivity index (χ4n) is 3.27. The summed E-state index contributed by atoms with van der Waals surface area (Å²) in [5, 5.41) is 3.27. The number of carbonyl (C=O) groups excluding carboxylic acids is 1. The lowest BCUT2D eigenvalue weighted by Gasteiger charge is -2.43. The first kappa shape index (κ1) is 14.5. The molecular weight excluding hydrogens is 262 g/mol. The summed E-state index contributed by atoms with van der Waals surface area (Å²) in [5.41, 5.74) is 1.25. The molecule has 2 aliphatic heterocycles. The molecule has 1 aromatic carbocycles. The first-order chi connectivity index (χ1) is 10.2. The molecule has 0 bridgehead atoms. The van der Waals surface area contributed by atoms with E-state index in [0.717, 1.165) is 32.7 Å². The molecule has 21 heavy (non-hydrogen) atoms. The van der Waals surface area contributed by atoms with Gasteiger partial charge < -0.3 is 15.1 Å². The maximum Gasteiger partial charge on any atom is 0.226 e. The highest BCUT2D eigenvalue weighted by Crippen LogP contribution is 2.28. The molecule has 4 heteroatoms. The van der Waals surface area contributed by atoms with Crippen LogP contribution < -0.4 is 5.32 Å². The van der Waals surface area contributed by atoms with Crippen LogP contribution in [0.3, 0.4) is 0 Å². The van der Waals surface area contributed by atoms with Crippen molar-refractivity contribution in [2.24, 2.45) is 11.8 Å². The third-order valence-electron chi connectivity index (χ3n) is 4.96. The van der Waals surface area contributed by atoms with E-state index in [1.165, 1.54) is 5.56 Å². The molecular formula is C17H25N3O. The van der Waals surface area contributed by atoms with Crippen molar-refractivity contribution in [3.8, 4) is 0 Å². The Labute approximate surface area is 127 Å². The zero-order valence-corrected chi connectivity index (χ0v) is 13.0. The van der Waals surface area contributed by atoms with E-state index >= 15 is 0 Å². The average molecular weight is 287 g/mol. The minimum atomic E-state index is 0.126. The van der Waals surface area contributed by atoms with Crippen molar-refractivity contribution in [1.29, 1.82) is 0 Å². The van der Waals surface area contributed by atoms with Gasteiger partial charge in [-0.2, -0.15) is 0 Å². The summed E-state index contributed by atoms with van der Waals surface area (Å²) in [6.45, 7) is 6.77. The number of likely N-dealkylation sites (N-methyl/N-ethyl adjacent to an activating group) is 1. The van der Waals surface area contributed by atoms with Gasteiger partial charge in [0.1, 0.15) is 0 Å². The van der Waals surface area contributed by atoms with Crippen molar-refractivity contribution in [2.45, 2.75) is 13.0 Å². The normalized spacial score (nSPS) is 25.4. The Balaban J connectivity index is 1.79. The van der Waals surface area contributed by atoms with Gasteiger partial charge in [-0.25, -0.2) is 0 Å². The van der Waals surface area contributed by atoms with Crippen LogP contribution in [-0.4, -0.2) is 55.5 Å². The van der Waals surface area contributed by atoms with E-state index in [-0.39, 0.29) is 12.0 Å². The van der Waals surface area contributed by atoms with Gasteiger partial charge in [0, 0.05) is 25.6 Å². The summed E-state index contributed by atoms with van der Waals surface area (Å²) in [7, 11) is 2.14. The SMILES string of the molecule is CC(C(=O)N1CCN(C)CC1c1ccccc1)C1CNC1. The van der Waals surface area contributed by atoms with Crippen LogP contribution in [-0.2, 0) is 4.79 Å². The predicted molar refractivity (Wildman–Crippen MR) is 83.9 cm³/mol. The van der Waals surface area contributed by atoms with E-state index in [1.807, 2.05) is 6.07 Å². The van der Waals surface area contributed by atoms with E-state index in [2.05, 4.69) is 53.4 Å². The zero-order chi connectivity index (χ0) is 14.8. The van der Waals surface area contributed by atoms with Crippen LogP contribution in [0, 0.1) is 11.8 Å². The van der Waals surface area contributed by atoms with Gasteiger partial charge in [0.05, 0.1) is 6.04 Å². The van der Waals surface area contributed by atoms with E-state index in [4.69, 9.17) is 0 Å². The van der Waals surface area contributed by atoms with Crippen molar-refractivity contribution in [3.63, 3.8) is 0 Å². The predicted octanol–water partition coefficient (Wildman–Crippen LogP) is 1.36. The minimum Gasteiger partial charge on any atom is -0.333 e. The molecule has 2 aliphatic rings. The monoisotopic (exact) mass is 287 g/mol. The average Bonchev–Trinajstić information content (AvgIpc) is 2.45. The number of carbonyl (C=O) groups is 1. The lowest BCUT2D eigenvalue weighted by molar-refractivity contribution is -0.142. The molecule has 2 unspecified atom stereocenters. The summed E-state index contributed by atoms with van der Waals surface area (Å²) in [5.74, 6) is 0.956. The molecule has 2 heterocycles. The molecule has 2 atom stereocenters.